The Bertz CT molecular complexity index is 3930. The molecule has 0 saturated carbocycles. The second kappa shape index (κ2) is 14.0. The number of rotatable bonds is 6. The molecule has 0 unspecified atom stereocenters. The number of nitrogens with zero attached hydrogens (tertiary/aromatic N) is 4. The third kappa shape index (κ3) is 5.76. The predicted octanol–water partition coefficient (Wildman–Crippen LogP) is 15.1. The summed E-state index contributed by atoms with van der Waals surface area (Å²) in [5.74, 6) is 1.64. The first-order valence-electron chi connectivity index (χ1n) is 21.1. The number of hydrogen-bond acceptors (Lipinski definition) is 5. The standard InChI is InChI=1S/C57H34N4O2/c1-2-13-35(14-3-1)36-15-10-16-37(31-36)38-27-29-43-42-19-4-7-24-49(42)61(50(43)34-38)41-18-11-17-39(32-41)55-58-56(40-28-30-53-48(33-40)45-21-6-8-25-51(45)62-53)60-57(59-55)47-23-12-22-46-44-20-5-9-26-52(44)63-54(46)47/h1-34H. The maximum atomic E-state index is 6.53. The van der Waals surface area contributed by atoms with Crippen LogP contribution in [-0.4, -0.2) is 19.5 Å². The number of fused-ring (bicyclic) bond motifs is 9. The smallest absolute Gasteiger partial charge is 0.167 e. The quantitative estimate of drug-likeness (QED) is 0.167. The van der Waals surface area contributed by atoms with Crippen molar-refractivity contribution >= 4 is 65.7 Å². The molecular weight excluding hydrogens is 773 g/mol. The highest BCUT2D eigenvalue weighted by atomic mass is 16.3. The maximum Gasteiger partial charge on any atom is 0.167 e. The van der Waals surface area contributed by atoms with E-state index in [4.69, 9.17) is 23.8 Å². The van der Waals surface area contributed by atoms with Crippen molar-refractivity contribution in [3.63, 3.8) is 0 Å². The van der Waals surface area contributed by atoms with Gasteiger partial charge in [-0.3, -0.25) is 0 Å². The molecule has 0 spiro atoms. The summed E-state index contributed by atoms with van der Waals surface area (Å²) in [6.07, 6.45) is 0. The Labute approximate surface area is 361 Å². The van der Waals surface area contributed by atoms with E-state index >= 15 is 0 Å². The lowest BCUT2D eigenvalue weighted by Gasteiger charge is -2.12. The molecule has 0 aliphatic carbocycles. The summed E-state index contributed by atoms with van der Waals surface area (Å²) in [6, 6.07) is 71.8. The Hall–Kier alpha value is -8.61. The third-order valence-corrected chi connectivity index (χ3v) is 12.3. The molecule has 0 saturated heterocycles. The van der Waals surface area contributed by atoms with E-state index in [1.807, 2.05) is 60.7 Å². The fraction of sp³-hybridized carbons (Fsp3) is 0. The first-order chi connectivity index (χ1) is 31.2. The Morgan fingerprint density at radius 2 is 0.857 bits per heavy atom. The topological polar surface area (TPSA) is 69.9 Å². The van der Waals surface area contributed by atoms with E-state index in [9.17, 15) is 0 Å². The molecule has 0 fully saturated rings. The summed E-state index contributed by atoms with van der Waals surface area (Å²) in [6.45, 7) is 0. The second-order valence-corrected chi connectivity index (χ2v) is 16.0. The molecule has 4 heterocycles. The van der Waals surface area contributed by atoms with Crippen LogP contribution in [0.25, 0.3) is 128 Å². The van der Waals surface area contributed by atoms with Gasteiger partial charge in [0.25, 0.3) is 0 Å². The summed E-state index contributed by atoms with van der Waals surface area (Å²) in [5.41, 5.74) is 13.7. The summed E-state index contributed by atoms with van der Waals surface area (Å²) < 4.78 is 15.1. The molecule has 0 N–H and O–H groups in total. The van der Waals surface area contributed by atoms with E-state index in [0.29, 0.717) is 17.5 Å². The second-order valence-electron chi connectivity index (χ2n) is 16.0. The van der Waals surface area contributed by atoms with Gasteiger partial charge in [0.15, 0.2) is 17.5 Å². The van der Waals surface area contributed by atoms with E-state index in [-0.39, 0.29) is 0 Å². The maximum absolute atomic E-state index is 6.53. The zero-order chi connectivity index (χ0) is 41.4. The molecule has 0 aliphatic rings. The van der Waals surface area contributed by atoms with Gasteiger partial charge in [-0.05, 0) is 89.0 Å². The van der Waals surface area contributed by atoms with E-state index in [2.05, 4.69) is 150 Å². The van der Waals surface area contributed by atoms with Gasteiger partial charge in [-0.2, -0.15) is 0 Å². The van der Waals surface area contributed by atoms with Gasteiger partial charge in [-0.1, -0.05) is 140 Å². The van der Waals surface area contributed by atoms with Gasteiger partial charge in [-0.15, -0.1) is 0 Å². The normalized spacial score (nSPS) is 11.8. The Balaban J connectivity index is 0.998. The van der Waals surface area contributed by atoms with E-state index in [0.717, 1.165) is 88.4 Å². The number of para-hydroxylation sites is 4. The number of benzene rings is 9. The van der Waals surface area contributed by atoms with Crippen molar-refractivity contribution in [2.75, 3.05) is 0 Å². The Kier molecular flexibility index (Phi) is 7.80. The van der Waals surface area contributed by atoms with E-state index in [1.165, 1.54) is 21.9 Å². The van der Waals surface area contributed by atoms with Crippen LogP contribution in [0.2, 0.25) is 0 Å². The molecule has 0 atom stereocenters. The molecule has 0 radical (unpaired) electrons. The summed E-state index contributed by atoms with van der Waals surface area (Å²) in [7, 11) is 0. The minimum absolute atomic E-state index is 0.529. The molecule has 0 amide bonds. The Morgan fingerprint density at radius 1 is 0.302 bits per heavy atom. The first kappa shape index (κ1) is 35.2. The van der Waals surface area contributed by atoms with Gasteiger partial charge in [-0.25, -0.2) is 15.0 Å². The monoisotopic (exact) mass is 806 g/mol. The third-order valence-electron chi connectivity index (χ3n) is 12.3. The zero-order valence-corrected chi connectivity index (χ0v) is 33.7. The van der Waals surface area contributed by atoms with Crippen molar-refractivity contribution in [1.82, 2.24) is 19.5 Å². The van der Waals surface area contributed by atoms with Crippen molar-refractivity contribution in [3.05, 3.63) is 206 Å². The molecule has 0 aliphatic heterocycles. The van der Waals surface area contributed by atoms with Crippen LogP contribution in [0.4, 0.5) is 0 Å². The van der Waals surface area contributed by atoms with Gasteiger partial charge < -0.3 is 13.4 Å². The predicted molar refractivity (Wildman–Crippen MR) is 256 cm³/mol. The summed E-state index contributed by atoms with van der Waals surface area (Å²) in [4.78, 5) is 15.7. The van der Waals surface area contributed by atoms with Crippen LogP contribution in [0.15, 0.2) is 215 Å². The molecule has 0 bridgehead atoms. The molecule has 4 aromatic heterocycles. The Morgan fingerprint density at radius 3 is 1.70 bits per heavy atom. The van der Waals surface area contributed by atoms with Crippen LogP contribution >= 0.6 is 0 Å². The molecule has 294 valence electrons. The van der Waals surface area contributed by atoms with Crippen molar-refractivity contribution in [2.45, 2.75) is 0 Å². The highest BCUT2D eigenvalue weighted by Crippen LogP contribution is 2.39. The van der Waals surface area contributed by atoms with Crippen LogP contribution in [-0.2, 0) is 0 Å². The lowest BCUT2D eigenvalue weighted by Crippen LogP contribution is -2.01. The SMILES string of the molecule is c1ccc(-c2cccc(-c3ccc4c5ccccc5n(-c5cccc(-c6nc(-c7ccc8oc9ccccc9c8c7)nc(-c7cccc8c7oc7ccccc78)n6)c5)c4c3)c2)cc1. The average Bonchev–Trinajstić information content (AvgIpc) is 4.03. The van der Waals surface area contributed by atoms with Crippen LogP contribution in [0, 0.1) is 0 Å². The average molecular weight is 807 g/mol. The van der Waals surface area contributed by atoms with Gasteiger partial charge >= 0.3 is 0 Å². The van der Waals surface area contributed by atoms with Crippen molar-refractivity contribution < 1.29 is 8.83 Å². The van der Waals surface area contributed by atoms with Crippen LogP contribution < -0.4 is 0 Å². The molecule has 63 heavy (non-hydrogen) atoms. The highest BCUT2D eigenvalue weighted by molar-refractivity contribution is 6.11. The van der Waals surface area contributed by atoms with Crippen LogP contribution in [0.1, 0.15) is 0 Å². The zero-order valence-electron chi connectivity index (χ0n) is 33.7. The number of aromatic nitrogens is 4. The van der Waals surface area contributed by atoms with Crippen molar-refractivity contribution in [1.29, 1.82) is 0 Å². The molecule has 6 nitrogen and oxygen atoms in total. The van der Waals surface area contributed by atoms with E-state index in [1.54, 1.807) is 0 Å². The number of furan rings is 2. The van der Waals surface area contributed by atoms with Crippen LogP contribution in [0.5, 0.6) is 0 Å². The van der Waals surface area contributed by atoms with Crippen molar-refractivity contribution in [2.24, 2.45) is 0 Å². The molecular formula is C57H34N4O2. The first-order valence-corrected chi connectivity index (χ1v) is 21.1. The molecule has 9 aromatic carbocycles. The highest BCUT2D eigenvalue weighted by Gasteiger charge is 2.20. The van der Waals surface area contributed by atoms with Crippen LogP contribution in [0.3, 0.4) is 0 Å². The lowest BCUT2D eigenvalue weighted by molar-refractivity contribution is 0.669. The largest absolute Gasteiger partial charge is 0.456 e. The molecule has 13 aromatic rings. The van der Waals surface area contributed by atoms with Gasteiger partial charge in [0.1, 0.15) is 22.3 Å². The fourth-order valence-corrected chi connectivity index (χ4v) is 9.26. The van der Waals surface area contributed by atoms with E-state index < -0.39 is 0 Å². The van der Waals surface area contributed by atoms with Crippen molar-refractivity contribution in [3.8, 4) is 62.1 Å². The lowest BCUT2D eigenvalue weighted by atomic mass is 9.98. The van der Waals surface area contributed by atoms with Gasteiger partial charge in [0.2, 0.25) is 0 Å². The number of hydrogen-bond donors (Lipinski definition) is 0. The molecule has 13 rings (SSSR count). The fourth-order valence-electron chi connectivity index (χ4n) is 9.26. The van der Waals surface area contributed by atoms with Gasteiger partial charge in [0, 0.05) is 49.1 Å². The summed E-state index contributed by atoms with van der Waals surface area (Å²) >= 11 is 0. The minimum atomic E-state index is 0.529. The van der Waals surface area contributed by atoms with Gasteiger partial charge in [0.05, 0.1) is 16.6 Å². The minimum Gasteiger partial charge on any atom is -0.456 e. The molecule has 6 heteroatoms. The summed E-state index contributed by atoms with van der Waals surface area (Å²) in [5, 5.41) is 6.48.